The van der Waals surface area contributed by atoms with Crippen molar-refractivity contribution in [2.45, 2.75) is 52.7 Å². The summed E-state index contributed by atoms with van der Waals surface area (Å²) in [7, 11) is 2.14. The molecule has 1 aromatic heterocycles. The van der Waals surface area contributed by atoms with E-state index in [9.17, 15) is 0 Å². The highest BCUT2D eigenvalue weighted by atomic mass is 15.1. The highest BCUT2D eigenvalue weighted by Gasteiger charge is 2.12. The van der Waals surface area contributed by atoms with Crippen LogP contribution in [0, 0.1) is 0 Å². The summed E-state index contributed by atoms with van der Waals surface area (Å²) in [4.78, 5) is 6.55. The van der Waals surface area contributed by atoms with Gasteiger partial charge in [0, 0.05) is 31.9 Å². The third-order valence-corrected chi connectivity index (χ3v) is 3.22. The first-order valence-electron chi connectivity index (χ1n) is 6.45. The zero-order valence-corrected chi connectivity index (χ0v) is 11.7. The summed E-state index contributed by atoms with van der Waals surface area (Å²) in [5.41, 5.74) is 2.55. The molecule has 17 heavy (non-hydrogen) atoms. The zero-order valence-electron chi connectivity index (χ0n) is 11.7. The topological polar surface area (TPSA) is 28.2 Å². The highest BCUT2D eigenvalue weighted by molar-refractivity contribution is 5.51. The predicted molar refractivity (Wildman–Crippen MR) is 74.4 cm³/mol. The van der Waals surface area contributed by atoms with E-state index in [2.05, 4.69) is 56.0 Å². The van der Waals surface area contributed by atoms with Gasteiger partial charge in [-0.3, -0.25) is 4.98 Å². The Hall–Kier alpha value is -1.09. The quantitative estimate of drug-likeness (QED) is 0.822. The summed E-state index contributed by atoms with van der Waals surface area (Å²) < 4.78 is 0. The number of pyridine rings is 1. The third kappa shape index (κ3) is 4.00. The van der Waals surface area contributed by atoms with Crippen LogP contribution in [0.5, 0.6) is 0 Å². The van der Waals surface area contributed by atoms with Crippen LogP contribution in [-0.4, -0.2) is 24.1 Å². The molecule has 1 aromatic rings. The summed E-state index contributed by atoms with van der Waals surface area (Å²) in [5.74, 6) is 0. The molecule has 1 atom stereocenters. The molecule has 3 nitrogen and oxygen atoms in total. The van der Waals surface area contributed by atoms with Crippen molar-refractivity contribution in [2.24, 2.45) is 0 Å². The first-order valence-corrected chi connectivity index (χ1v) is 6.45. The third-order valence-electron chi connectivity index (χ3n) is 3.22. The largest absolute Gasteiger partial charge is 0.370 e. The first-order chi connectivity index (χ1) is 8.06. The minimum Gasteiger partial charge on any atom is -0.370 e. The highest BCUT2D eigenvalue weighted by Crippen LogP contribution is 2.20. The molecule has 0 aliphatic rings. The Balaban J connectivity index is 2.83. The predicted octanol–water partition coefficient (Wildman–Crippen LogP) is 2.81. The van der Waals surface area contributed by atoms with E-state index in [0.717, 1.165) is 13.0 Å². The van der Waals surface area contributed by atoms with Crippen LogP contribution in [0.3, 0.4) is 0 Å². The second-order valence-corrected chi connectivity index (χ2v) is 4.91. The van der Waals surface area contributed by atoms with Crippen LogP contribution in [0.4, 0.5) is 5.69 Å². The lowest BCUT2D eigenvalue weighted by atomic mass is 10.1. The number of hydrogen-bond acceptors (Lipinski definition) is 3. The van der Waals surface area contributed by atoms with E-state index in [4.69, 9.17) is 0 Å². The molecule has 0 saturated carbocycles. The molecule has 0 fully saturated rings. The lowest BCUT2D eigenvalue weighted by Crippen LogP contribution is -2.30. The fourth-order valence-electron chi connectivity index (χ4n) is 1.71. The molecular formula is C14H25N3. The summed E-state index contributed by atoms with van der Waals surface area (Å²) in [6.07, 6.45) is 4.97. The summed E-state index contributed by atoms with van der Waals surface area (Å²) in [6, 6.07) is 3.14. The van der Waals surface area contributed by atoms with Crippen LogP contribution in [0.1, 0.15) is 39.7 Å². The number of nitrogens with one attached hydrogen (secondary N) is 1. The molecule has 1 rings (SSSR count). The van der Waals surface area contributed by atoms with E-state index in [0.29, 0.717) is 12.1 Å². The van der Waals surface area contributed by atoms with Crippen molar-refractivity contribution in [3.8, 4) is 0 Å². The monoisotopic (exact) mass is 235 g/mol. The van der Waals surface area contributed by atoms with Crippen molar-refractivity contribution in [3.05, 3.63) is 24.0 Å². The maximum atomic E-state index is 4.24. The fraction of sp³-hybridized carbons (Fsp3) is 0.643. The average molecular weight is 235 g/mol. The number of nitrogens with zero attached hydrogens (tertiary/aromatic N) is 2. The smallest absolute Gasteiger partial charge is 0.0598 e. The SMILES string of the molecule is CCC(C)N(C)c1cnccc1CNC(C)C. The molecule has 3 heteroatoms. The van der Waals surface area contributed by atoms with Gasteiger partial charge in [0.1, 0.15) is 0 Å². The van der Waals surface area contributed by atoms with E-state index in [1.165, 1.54) is 11.3 Å². The molecule has 0 bridgehead atoms. The Morgan fingerprint density at radius 3 is 2.65 bits per heavy atom. The molecule has 0 aliphatic heterocycles. The Labute approximate surface area is 105 Å². The lowest BCUT2D eigenvalue weighted by Gasteiger charge is -2.28. The molecule has 1 unspecified atom stereocenters. The van der Waals surface area contributed by atoms with Gasteiger partial charge in [-0.15, -0.1) is 0 Å². The molecule has 1 N–H and O–H groups in total. The maximum absolute atomic E-state index is 4.24. The second-order valence-electron chi connectivity index (χ2n) is 4.91. The molecule has 0 amide bonds. The van der Waals surface area contributed by atoms with Crippen molar-refractivity contribution < 1.29 is 0 Å². The normalized spacial score (nSPS) is 12.8. The molecule has 0 radical (unpaired) electrons. The number of hydrogen-bond donors (Lipinski definition) is 1. The van der Waals surface area contributed by atoms with Crippen LogP contribution >= 0.6 is 0 Å². The van der Waals surface area contributed by atoms with E-state index in [-0.39, 0.29) is 0 Å². The van der Waals surface area contributed by atoms with Crippen LogP contribution in [0.25, 0.3) is 0 Å². The van der Waals surface area contributed by atoms with E-state index < -0.39 is 0 Å². The van der Waals surface area contributed by atoms with Gasteiger partial charge < -0.3 is 10.2 Å². The number of aromatic nitrogens is 1. The van der Waals surface area contributed by atoms with Crippen LogP contribution in [-0.2, 0) is 6.54 Å². The summed E-state index contributed by atoms with van der Waals surface area (Å²) in [5, 5.41) is 3.46. The van der Waals surface area contributed by atoms with Gasteiger partial charge in [-0.05, 0) is 25.0 Å². The van der Waals surface area contributed by atoms with Gasteiger partial charge in [0.25, 0.3) is 0 Å². The van der Waals surface area contributed by atoms with Gasteiger partial charge in [-0.25, -0.2) is 0 Å². The van der Waals surface area contributed by atoms with E-state index >= 15 is 0 Å². The van der Waals surface area contributed by atoms with Gasteiger partial charge in [-0.2, -0.15) is 0 Å². The Bertz CT molecular complexity index is 336. The van der Waals surface area contributed by atoms with Crippen molar-refractivity contribution >= 4 is 5.69 Å². The van der Waals surface area contributed by atoms with Crippen LogP contribution in [0.2, 0.25) is 0 Å². The van der Waals surface area contributed by atoms with E-state index in [1.54, 1.807) is 0 Å². The van der Waals surface area contributed by atoms with Crippen molar-refractivity contribution in [1.29, 1.82) is 0 Å². The zero-order chi connectivity index (χ0) is 12.8. The van der Waals surface area contributed by atoms with Crippen molar-refractivity contribution in [3.63, 3.8) is 0 Å². The minimum absolute atomic E-state index is 0.505. The molecule has 0 aliphatic carbocycles. The van der Waals surface area contributed by atoms with Gasteiger partial charge >= 0.3 is 0 Å². The van der Waals surface area contributed by atoms with Crippen LogP contribution < -0.4 is 10.2 Å². The lowest BCUT2D eigenvalue weighted by molar-refractivity contribution is 0.585. The minimum atomic E-state index is 0.505. The molecule has 0 saturated heterocycles. The maximum Gasteiger partial charge on any atom is 0.0598 e. The summed E-state index contributed by atoms with van der Waals surface area (Å²) in [6.45, 7) is 9.69. The molecule has 0 aromatic carbocycles. The standard InChI is InChI=1S/C14H25N3/c1-6-12(4)17(5)14-10-15-8-7-13(14)9-16-11(2)3/h7-8,10-12,16H,6,9H2,1-5H3. The summed E-state index contributed by atoms with van der Waals surface area (Å²) >= 11 is 0. The van der Waals surface area contributed by atoms with Gasteiger partial charge in [-0.1, -0.05) is 20.8 Å². The number of rotatable bonds is 6. The Morgan fingerprint density at radius 1 is 1.35 bits per heavy atom. The molecule has 1 heterocycles. The van der Waals surface area contributed by atoms with Crippen molar-refractivity contribution in [2.75, 3.05) is 11.9 Å². The molecule has 96 valence electrons. The van der Waals surface area contributed by atoms with Gasteiger partial charge in [0.15, 0.2) is 0 Å². The fourth-order valence-corrected chi connectivity index (χ4v) is 1.71. The van der Waals surface area contributed by atoms with E-state index in [1.807, 2.05) is 12.4 Å². The van der Waals surface area contributed by atoms with Crippen molar-refractivity contribution in [1.82, 2.24) is 10.3 Å². The van der Waals surface area contributed by atoms with Crippen LogP contribution in [0.15, 0.2) is 18.5 Å². The Kier molecular flexibility index (Phi) is 5.42. The first kappa shape index (κ1) is 14.0. The molecule has 0 spiro atoms. The Morgan fingerprint density at radius 2 is 2.06 bits per heavy atom. The second kappa shape index (κ2) is 6.60. The van der Waals surface area contributed by atoms with Gasteiger partial charge in [0.05, 0.1) is 11.9 Å². The number of anilines is 1. The van der Waals surface area contributed by atoms with Gasteiger partial charge in [0.2, 0.25) is 0 Å². The molecular weight excluding hydrogens is 210 g/mol. The average Bonchev–Trinajstić information content (AvgIpc) is 2.34.